The molecule has 0 radical (unpaired) electrons. The number of benzene rings is 1. The van der Waals surface area contributed by atoms with Crippen LogP contribution in [-0.4, -0.2) is 0 Å². The van der Waals surface area contributed by atoms with E-state index in [9.17, 15) is 4.39 Å². The lowest BCUT2D eigenvalue weighted by Gasteiger charge is -2.01. The van der Waals surface area contributed by atoms with Gasteiger partial charge in [-0.1, -0.05) is 22.0 Å². The largest absolute Gasteiger partial charge is 0.207 e. The summed E-state index contributed by atoms with van der Waals surface area (Å²) in [5.41, 5.74) is 1.40. The van der Waals surface area contributed by atoms with E-state index in [-0.39, 0.29) is 12.2 Å². The number of aryl methyl sites for hydroxylation is 1. The van der Waals surface area contributed by atoms with Crippen LogP contribution in [-0.2, 0) is 6.42 Å². The Morgan fingerprint density at radius 3 is 2.83 bits per heavy atom. The van der Waals surface area contributed by atoms with E-state index < -0.39 is 0 Å². The van der Waals surface area contributed by atoms with Crippen molar-refractivity contribution >= 4 is 15.9 Å². The van der Waals surface area contributed by atoms with Crippen molar-refractivity contribution in [2.45, 2.75) is 13.3 Å². The van der Waals surface area contributed by atoms with Crippen LogP contribution >= 0.6 is 15.9 Å². The summed E-state index contributed by atoms with van der Waals surface area (Å²) in [5, 5.41) is 8.38. The molecule has 0 aliphatic rings. The Hall–Kier alpha value is -0.880. The van der Waals surface area contributed by atoms with E-state index in [2.05, 4.69) is 15.9 Å². The predicted molar refractivity (Wildman–Crippen MR) is 48.2 cm³/mol. The normalized spacial score (nSPS) is 9.50. The van der Waals surface area contributed by atoms with Crippen LogP contribution in [0, 0.1) is 24.1 Å². The van der Waals surface area contributed by atoms with Crippen LogP contribution in [0.5, 0.6) is 0 Å². The third-order valence-corrected chi connectivity index (χ3v) is 2.45. The summed E-state index contributed by atoms with van der Waals surface area (Å²) in [6, 6.07) is 4.99. The van der Waals surface area contributed by atoms with Gasteiger partial charge in [0, 0.05) is 10.0 Å². The second-order valence-electron chi connectivity index (χ2n) is 2.53. The molecule has 0 heterocycles. The van der Waals surface area contributed by atoms with Crippen molar-refractivity contribution in [2.75, 3.05) is 0 Å². The summed E-state index contributed by atoms with van der Waals surface area (Å²) in [7, 11) is 0. The van der Waals surface area contributed by atoms with Gasteiger partial charge in [-0.15, -0.1) is 0 Å². The fraction of sp³-hybridized carbons (Fsp3) is 0.222. The standard InChI is InChI=1S/C9H7BrFN/c1-6-4-7(2-3-12)9(11)5-8(6)10/h4-5H,2H2,1H3. The highest BCUT2D eigenvalue weighted by atomic mass is 79.9. The molecule has 0 saturated heterocycles. The molecule has 0 unspecified atom stereocenters. The molecule has 1 aromatic rings. The lowest BCUT2D eigenvalue weighted by molar-refractivity contribution is 0.613. The predicted octanol–water partition coefficient (Wildman–Crippen LogP) is 2.96. The van der Waals surface area contributed by atoms with Gasteiger partial charge in [0.1, 0.15) is 5.82 Å². The van der Waals surface area contributed by atoms with Gasteiger partial charge in [-0.2, -0.15) is 5.26 Å². The summed E-state index contributed by atoms with van der Waals surface area (Å²) in [6.07, 6.45) is 0.125. The highest BCUT2D eigenvalue weighted by Crippen LogP contribution is 2.20. The monoisotopic (exact) mass is 227 g/mol. The van der Waals surface area contributed by atoms with Crippen LogP contribution < -0.4 is 0 Å². The molecule has 0 spiro atoms. The van der Waals surface area contributed by atoms with Gasteiger partial charge in [-0.25, -0.2) is 4.39 Å². The van der Waals surface area contributed by atoms with Crippen molar-refractivity contribution in [1.29, 1.82) is 5.26 Å². The van der Waals surface area contributed by atoms with Crippen LogP contribution in [0.3, 0.4) is 0 Å². The van der Waals surface area contributed by atoms with Gasteiger partial charge in [0.2, 0.25) is 0 Å². The summed E-state index contributed by atoms with van der Waals surface area (Å²) in [4.78, 5) is 0. The summed E-state index contributed by atoms with van der Waals surface area (Å²) in [6.45, 7) is 1.87. The number of halogens is 2. The van der Waals surface area contributed by atoms with E-state index in [0.717, 1.165) is 10.0 Å². The molecule has 0 aromatic heterocycles. The molecule has 1 aromatic carbocycles. The van der Waals surface area contributed by atoms with Crippen molar-refractivity contribution < 1.29 is 4.39 Å². The van der Waals surface area contributed by atoms with Crippen LogP contribution in [0.15, 0.2) is 16.6 Å². The summed E-state index contributed by atoms with van der Waals surface area (Å²) >= 11 is 3.21. The molecule has 62 valence electrons. The van der Waals surface area contributed by atoms with Crippen LogP contribution in [0.2, 0.25) is 0 Å². The minimum Gasteiger partial charge on any atom is -0.207 e. The SMILES string of the molecule is Cc1cc(CC#N)c(F)cc1Br. The number of nitriles is 1. The van der Waals surface area contributed by atoms with Crippen LogP contribution in [0.4, 0.5) is 4.39 Å². The first-order valence-corrected chi connectivity index (χ1v) is 4.26. The Morgan fingerprint density at radius 2 is 2.25 bits per heavy atom. The Morgan fingerprint density at radius 1 is 1.58 bits per heavy atom. The molecule has 0 bridgehead atoms. The van der Waals surface area contributed by atoms with Gasteiger partial charge in [0.05, 0.1) is 12.5 Å². The average Bonchev–Trinajstić information content (AvgIpc) is 2.01. The zero-order valence-corrected chi connectivity index (χ0v) is 8.15. The fourth-order valence-corrected chi connectivity index (χ4v) is 1.25. The first-order chi connectivity index (χ1) is 5.65. The van der Waals surface area contributed by atoms with Crippen LogP contribution in [0.1, 0.15) is 11.1 Å². The summed E-state index contributed by atoms with van der Waals surface area (Å²) < 4.78 is 13.8. The minimum atomic E-state index is -0.325. The molecule has 0 aliphatic carbocycles. The van der Waals surface area contributed by atoms with Gasteiger partial charge in [-0.3, -0.25) is 0 Å². The molecule has 12 heavy (non-hydrogen) atoms. The van der Waals surface area contributed by atoms with E-state index in [4.69, 9.17) is 5.26 Å². The molecule has 1 nitrogen and oxygen atoms in total. The molecule has 0 amide bonds. The Balaban J connectivity index is 3.16. The molecular weight excluding hydrogens is 221 g/mol. The molecule has 0 aliphatic heterocycles. The minimum absolute atomic E-state index is 0.125. The average molecular weight is 228 g/mol. The second kappa shape index (κ2) is 3.68. The summed E-state index contributed by atoms with van der Waals surface area (Å²) in [5.74, 6) is -0.325. The van der Waals surface area contributed by atoms with E-state index in [0.29, 0.717) is 5.56 Å². The lowest BCUT2D eigenvalue weighted by atomic mass is 10.1. The van der Waals surface area contributed by atoms with Gasteiger partial charge >= 0.3 is 0 Å². The highest BCUT2D eigenvalue weighted by molar-refractivity contribution is 9.10. The van der Waals surface area contributed by atoms with Gasteiger partial charge in [0.25, 0.3) is 0 Å². The molecule has 0 atom stereocenters. The van der Waals surface area contributed by atoms with Crippen LogP contribution in [0.25, 0.3) is 0 Å². The maximum absolute atomic E-state index is 13.0. The van der Waals surface area contributed by atoms with E-state index in [1.165, 1.54) is 6.07 Å². The number of hydrogen-bond acceptors (Lipinski definition) is 1. The third kappa shape index (κ3) is 1.83. The quantitative estimate of drug-likeness (QED) is 0.724. The number of rotatable bonds is 1. The zero-order chi connectivity index (χ0) is 9.14. The molecule has 1 rings (SSSR count). The van der Waals surface area contributed by atoms with Crippen molar-refractivity contribution in [3.8, 4) is 6.07 Å². The van der Waals surface area contributed by atoms with Gasteiger partial charge in [0.15, 0.2) is 0 Å². The molecule has 3 heteroatoms. The number of nitrogens with zero attached hydrogens (tertiary/aromatic N) is 1. The molecule has 0 saturated carbocycles. The first kappa shape index (κ1) is 9.21. The molecule has 0 N–H and O–H groups in total. The lowest BCUT2D eigenvalue weighted by Crippen LogP contribution is -1.90. The Bertz CT molecular complexity index is 341. The maximum atomic E-state index is 13.0. The van der Waals surface area contributed by atoms with Gasteiger partial charge in [-0.05, 0) is 18.6 Å². The van der Waals surface area contributed by atoms with E-state index in [1.807, 2.05) is 13.0 Å². The maximum Gasteiger partial charge on any atom is 0.128 e. The fourth-order valence-electron chi connectivity index (χ4n) is 0.938. The van der Waals surface area contributed by atoms with Crippen molar-refractivity contribution in [1.82, 2.24) is 0 Å². The third-order valence-electron chi connectivity index (χ3n) is 1.60. The number of hydrogen-bond donors (Lipinski definition) is 0. The Labute approximate surface area is 79.0 Å². The van der Waals surface area contributed by atoms with Crippen molar-refractivity contribution in [3.05, 3.63) is 33.5 Å². The van der Waals surface area contributed by atoms with E-state index in [1.54, 1.807) is 6.07 Å². The molecule has 0 fully saturated rings. The van der Waals surface area contributed by atoms with E-state index >= 15 is 0 Å². The first-order valence-electron chi connectivity index (χ1n) is 3.46. The molecular formula is C9H7BrFN. The zero-order valence-electron chi connectivity index (χ0n) is 6.56. The Kier molecular flexibility index (Phi) is 2.83. The highest BCUT2D eigenvalue weighted by Gasteiger charge is 2.04. The topological polar surface area (TPSA) is 23.8 Å². The second-order valence-corrected chi connectivity index (χ2v) is 3.38. The smallest absolute Gasteiger partial charge is 0.128 e. The van der Waals surface area contributed by atoms with Crippen molar-refractivity contribution in [3.63, 3.8) is 0 Å². The van der Waals surface area contributed by atoms with Gasteiger partial charge < -0.3 is 0 Å². The van der Waals surface area contributed by atoms with Crippen molar-refractivity contribution in [2.24, 2.45) is 0 Å².